The van der Waals surface area contributed by atoms with Gasteiger partial charge in [0.15, 0.2) is 0 Å². The molecule has 1 aromatic rings. The normalized spacial score (nSPS) is 16.8. The molecule has 0 N–H and O–H groups in total. The zero-order valence-corrected chi connectivity index (χ0v) is 14.9. The van der Waals surface area contributed by atoms with E-state index in [1.165, 1.54) is 6.07 Å². The summed E-state index contributed by atoms with van der Waals surface area (Å²) in [7, 11) is -3.91. The average Bonchev–Trinajstić information content (AvgIpc) is 2.51. The minimum Gasteiger partial charge on any atom is -0.341 e. The summed E-state index contributed by atoms with van der Waals surface area (Å²) in [5.74, 6) is 0.0910. The standard InChI is InChI=1S/C16H21F3N2O3S/c1-12-6-8-20(9-7-12)15(22)11-21(25(2,23)24)14-5-3-4-13(10-14)16(17,18)19/h3-5,10,12H,6-9,11H2,1-2H3. The first-order valence-corrected chi connectivity index (χ1v) is 9.76. The second-order valence-electron chi connectivity index (χ2n) is 6.38. The Morgan fingerprint density at radius 3 is 2.40 bits per heavy atom. The van der Waals surface area contributed by atoms with E-state index in [9.17, 15) is 26.4 Å². The third-order valence-corrected chi connectivity index (χ3v) is 5.42. The van der Waals surface area contributed by atoms with Gasteiger partial charge in [-0.2, -0.15) is 13.2 Å². The number of alkyl halides is 3. The van der Waals surface area contributed by atoms with E-state index in [1.807, 2.05) is 0 Å². The van der Waals surface area contributed by atoms with E-state index in [0.29, 0.717) is 19.0 Å². The van der Waals surface area contributed by atoms with Crippen molar-refractivity contribution in [1.29, 1.82) is 0 Å². The van der Waals surface area contributed by atoms with Crippen LogP contribution in [0.4, 0.5) is 18.9 Å². The topological polar surface area (TPSA) is 57.7 Å². The van der Waals surface area contributed by atoms with Crippen LogP contribution in [0.3, 0.4) is 0 Å². The predicted octanol–water partition coefficient (Wildman–Crippen LogP) is 2.73. The van der Waals surface area contributed by atoms with Crippen molar-refractivity contribution >= 4 is 21.6 Å². The molecule has 0 unspecified atom stereocenters. The molecule has 2 rings (SSSR count). The summed E-state index contributed by atoms with van der Waals surface area (Å²) in [6.07, 6.45) is -2.06. The van der Waals surface area contributed by atoms with Crippen molar-refractivity contribution in [2.24, 2.45) is 5.92 Å². The Labute approximate surface area is 145 Å². The summed E-state index contributed by atoms with van der Waals surface area (Å²) >= 11 is 0. The van der Waals surface area contributed by atoms with Crippen molar-refractivity contribution in [2.75, 3.05) is 30.2 Å². The Hall–Kier alpha value is -1.77. The lowest BCUT2D eigenvalue weighted by Gasteiger charge is -2.32. The number of sulfonamides is 1. The monoisotopic (exact) mass is 378 g/mol. The van der Waals surface area contributed by atoms with Crippen molar-refractivity contribution in [3.05, 3.63) is 29.8 Å². The molecule has 0 radical (unpaired) electrons. The van der Waals surface area contributed by atoms with Crippen LogP contribution in [0.25, 0.3) is 0 Å². The molecule has 0 atom stereocenters. The molecule has 0 aliphatic carbocycles. The number of piperidine rings is 1. The van der Waals surface area contributed by atoms with E-state index >= 15 is 0 Å². The first-order valence-electron chi connectivity index (χ1n) is 7.91. The van der Waals surface area contributed by atoms with Gasteiger partial charge < -0.3 is 4.90 Å². The number of likely N-dealkylation sites (tertiary alicyclic amines) is 1. The van der Waals surface area contributed by atoms with Crippen molar-refractivity contribution in [3.63, 3.8) is 0 Å². The molecule has 1 aromatic carbocycles. The maximum Gasteiger partial charge on any atom is 0.416 e. The van der Waals surface area contributed by atoms with Crippen molar-refractivity contribution in [2.45, 2.75) is 25.9 Å². The fourth-order valence-electron chi connectivity index (χ4n) is 2.72. The number of nitrogens with zero attached hydrogens (tertiary/aromatic N) is 2. The molecule has 25 heavy (non-hydrogen) atoms. The molecule has 0 aromatic heterocycles. The van der Waals surface area contributed by atoms with Crippen LogP contribution in [0.15, 0.2) is 24.3 Å². The molecular formula is C16H21F3N2O3S. The summed E-state index contributed by atoms with van der Waals surface area (Å²) in [6, 6.07) is 3.98. The molecule has 1 fully saturated rings. The van der Waals surface area contributed by atoms with Crippen LogP contribution in [0, 0.1) is 5.92 Å². The lowest BCUT2D eigenvalue weighted by atomic mass is 9.99. The molecule has 1 amide bonds. The first kappa shape index (κ1) is 19.6. The number of hydrogen-bond acceptors (Lipinski definition) is 3. The molecule has 1 aliphatic heterocycles. The highest BCUT2D eigenvalue weighted by molar-refractivity contribution is 7.92. The second-order valence-corrected chi connectivity index (χ2v) is 8.29. The fraction of sp³-hybridized carbons (Fsp3) is 0.562. The molecule has 5 nitrogen and oxygen atoms in total. The van der Waals surface area contributed by atoms with Crippen LogP contribution >= 0.6 is 0 Å². The summed E-state index contributed by atoms with van der Waals surface area (Å²) in [5.41, 5.74) is -1.13. The van der Waals surface area contributed by atoms with Gasteiger partial charge in [-0.15, -0.1) is 0 Å². The lowest BCUT2D eigenvalue weighted by Crippen LogP contribution is -2.45. The SMILES string of the molecule is CC1CCN(C(=O)CN(c2cccc(C(F)(F)F)c2)S(C)(=O)=O)CC1. The Morgan fingerprint density at radius 2 is 1.88 bits per heavy atom. The largest absolute Gasteiger partial charge is 0.416 e. The van der Waals surface area contributed by atoms with E-state index in [4.69, 9.17) is 0 Å². The third kappa shape index (κ3) is 5.10. The summed E-state index contributed by atoms with van der Waals surface area (Å²) < 4.78 is 63.4. The highest BCUT2D eigenvalue weighted by Gasteiger charge is 2.32. The van der Waals surface area contributed by atoms with Gasteiger partial charge in [0.05, 0.1) is 17.5 Å². The Morgan fingerprint density at radius 1 is 1.28 bits per heavy atom. The number of benzene rings is 1. The molecule has 0 saturated carbocycles. The van der Waals surface area contributed by atoms with E-state index in [0.717, 1.165) is 41.6 Å². The molecule has 0 spiro atoms. The number of anilines is 1. The molecule has 1 aliphatic rings. The number of hydrogen-bond donors (Lipinski definition) is 0. The maximum absolute atomic E-state index is 12.9. The Bertz CT molecular complexity index is 726. The highest BCUT2D eigenvalue weighted by atomic mass is 32.2. The zero-order chi connectivity index (χ0) is 18.8. The Kier molecular flexibility index (Phi) is 5.65. The van der Waals surface area contributed by atoms with Crippen LogP contribution in [-0.2, 0) is 21.0 Å². The van der Waals surface area contributed by atoms with Crippen molar-refractivity contribution in [3.8, 4) is 0 Å². The van der Waals surface area contributed by atoms with E-state index in [-0.39, 0.29) is 5.69 Å². The van der Waals surface area contributed by atoms with Crippen LogP contribution in [0.5, 0.6) is 0 Å². The summed E-state index contributed by atoms with van der Waals surface area (Å²) in [4.78, 5) is 14.0. The summed E-state index contributed by atoms with van der Waals surface area (Å²) in [5, 5.41) is 0. The van der Waals surface area contributed by atoms with Gasteiger partial charge in [-0.1, -0.05) is 13.0 Å². The van der Waals surface area contributed by atoms with Crippen LogP contribution in [-0.4, -0.2) is 45.1 Å². The Balaban J connectivity index is 2.25. The van der Waals surface area contributed by atoms with Crippen LogP contribution in [0.1, 0.15) is 25.3 Å². The number of carbonyl (C=O) groups excluding carboxylic acids is 1. The van der Waals surface area contributed by atoms with Crippen LogP contribution < -0.4 is 4.31 Å². The van der Waals surface area contributed by atoms with Gasteiger partial charge >= 0.3 is 6.18 Å². The second kappa shape index (κ2) is 7.23. The number of halogens is 3. The lowest BCUT2D eigenvalue weighted by molar-refractivity contribution is -0.137. The molecule has 0 bridgehead atoms. The van der Waals surface area contributed by atoms with Gasteiger partial charge in [-0.3, -0.25) is 9.10 Å². The number of amides is 1. The van der Waals surface area contributed by atoms with Gasteiger partial charge in [0.2, 0.25) is 15.9 Å². The maximum atomic E-state index is 12.9. The molecular weight excluding hydrogens is 357 g/mol. The number of carbonyl (C=O) groups is 1. The minimum atomic E-state index is -4.59. The first-order chi connectivity index (χ1) is 11.5. The fourth-order valence-corrected chi connectivity index (χ4v) is 3.56. The van der Waals surface area contributed by atoms with Crippen molar-refractivity contribution in [1.82, 2.24) is 4.90 Å². The van der Waals surface area contributed by atoms with E-state index in [2.05, 4.69) is 6.92 Å². The minimum absolute atomic E-state index is 0.170. The highest BCUT2D eigenvalue weighted by Crippen LogP contribution is 2.32. The molecule has 1 saturated heterocycles. The molecule has 9 heteroatoms. The van der Waals surface area contributed by atoms with Crippen molar-refractivity contribution < 1.29 is 26.4 Å². The smallest absolute Gasteiger partial charge is 0.341 e. The average molecular weight is 378 g/mol. The zero-order valence-electron chi connectivity index (χ0n) is 14.1. The van der Waals surface area contributed by atoms with Crippen LogP contribution in [0.2, 0.25) is 0 Å². The van der Waals surface area contributed by atoms with Gasteiger partial charge in [-0.05, 0) is 37.0 Å². The predicted molar refractivity (Wildman–Crippen MR) is 88.6 cm³/mol. The van der Waals surface area contributed by atoms with Gasteiger partial charge in [-0.25, -0.2) is 8.42 Å². The number of rotatable bonds is 4. The van der Waals surface area contributed by atoms with E-state index in [1.54, 1.807) is 4.90 Å². The molecule has 1 heterocycles. The van der Waals surface area contributed by atoms with E-state index < -0.39 is 34.2 Å². The van der Waals surface area contributed by atoms with Gasteiger partial charge in [0, 0.05) is 13.1 Å². The third-order valence-electron chi connectivity index (χ3n) is 4.28. The van der Waals surface area contributed by atoms with Gasteiger partial charge in [0.25, 0.3) is 0 Å². The molecule has 140 valence electrons. The summed E-state index contributed by atoms with van der Waals surface area (Å²) in [6.45, 7) is 2.63. The quantitative estimate of drug-likeness (QED) is 0.810. The van der Waals surface area contributed by atoms with Gasteiger partial charge in [0.1, 0.15) is 6.54 Å².